The van der Waals surface area contributed by atoms with E-state index in [0.29, 0.717) is 0 Å². The van der Waals surface area contributed by atoms with Gasteiger partial charge in [0.15, 0.2) is 0 Å². The summed E-state index contributed by atoms with van der Waals surface area (Å²) in [4.78, 5) is 0. The van der Waals surface area contributed by atoms with Crippen molar-refractivity contribution in [2.24, 2.45) is 11.8 Å². The molecule has 1 unspecified atom stereocenters. The van der Waals surface area contributed by atoms with Crippen LogP contribution in [0.1, 0.15) is 34.1 Å². The predicted octanol–water partition coefficient (Wildman–Crippen LogP) is 3.24. The second-order valence-corrected chi connectivity index (χ2v) is 3.03. The Kier molecular flexibility index (Phi) is 4.47. The Balaban J connectivity index is 3.38. The van der Waals surface area contributed by atoms with E-state index < -0.39 is 0 Å². The van der Waals surface area contributed by atoms with Crippen molar-refractivity contribution in [2.75, 3.05) is 0 Å². The fourth-order valence-electron chi connectivity index (χ4n) is 0.623. The van der Waals surface area contributed by atoms with Crippen LogP contribution in [0.15, 0.2) is 12.2 Å². The zero-order valence-electron chi connectivity index (χ0n) is 7.02. The van der Waals surface area contributed by atoms with E-state index in [1.54, 1.807) is 0 Å². The molecule has 0 aromatic carbocycles. The molecular weight excluding hydrogens is 108 g/mol. The highest BCUT2D eigenvalue weighted by Crippen LogP contribution is 2.13. The van der Waals surface area contributed by atoms with Crippen LogP contribution >= 0.6 is 0 Å². The van der Waals surface area contributed by atoms with Crippen LogP contribution in [-0.2, 0) is 0 Å². The van der Waals surface area contributed by atoms with Crippen LogP contribution in [0, 0.1) is 11.8 Å². The summed E-state index contributed by atoms with van der Waals surface area (Å²) in [6, 6.07) is 0. The molecule has 0 radical (unpaired) electrons. The van der Waals surface area contributed by atoms with E-state index in [-0.39, 0.29) is 0 Å². The van der Waals surface area contributed by atoms with Crippen LogP contribution in [0.3, 0.4) is 0 Å². The first-order valence-corrected chi connectivity index (χ1v) is 3.79. The van der Waals surface area contributed by atoms with E-state index in [9.17, 15) is 0 Å². The van der Waals surface area contributed by atoms with Gasteiger partial charge in [0.05, 0.1) is 0 Å². The van der Waals surface area contributed by atoms with Gasteiger partial charge in [-0.25, -0.2) is 0 Å². The third-order valence-corrected chi connectivity index (χ3v) is 1.88. The van der Waals surface area contributed by atoms with Crippen molar-refractivity contribution >= 4 is 0 Å². The molecule has 9 heavy (non-hydrogen) atoms. The lowest BCUT2D eigenvalue weighted by Gasteiger charge is -2.11. The molecule has 0 aromatic rings. The van der Waals surface area contributed by atoms with Crippen LogP contribution in [0.5, 0.6) is 0 Å². The fourth-order valence-corrected chi connectivity index (χ4v) is 0.623. The van der Waals surface area contributed by atoms with Gasteiger partial charge in [0.2, 0.25) is 0 Å². The molecule has 0 bridgehead atoms. The van der Waals surface area contributed by atoms with Gasteiger partial charge in [0.25, 0.3) is 0 Å². The lowest BCUT2D eigenvalue weighted by Crippen LogP contribution is -2.01. The maximum Gasteiger partial charge on any atom is -0.0323 e. The van der Waals surface area contributed by atoms with Crippen molar-refractivity contribution < 1.29 is 0 Å². The summed E-state index contributed by atoms with van der Waals surface area (Å²) in [6.07, 6.45) is 5.59. The molecule has 54 valence electrons. The van der Waals surface area contributed by atoms with E-state index in [2.05, 4.69) is 39.8 Å². The maximum atomic E-state index is 2.30. The summed E-state index contributed by atoms with van der Waals surface area (Å²) >= 11 is 0. The van der Waals surface area contributed by atoms with Gasteiger partial charge < -0.3 is 0 Å². The second-order valence-electron chi connectivity index (χ2n) is 3.03. The van der Waals surface area contributed by atoms with E-state index in [0.717, 1.165) is 11.8 Å². The molecule has 0 aromatic heterocycles. The minimum Gasteiger partial charge on any atom is -0.0917 e. The quantitative estimate of drug-likeness (QED) is 0.509. The number of allylic oxidation sites excluding steroid dienone is 2. The molecule has 0 nitrogen and oxygen atoms in total. The van der Waals surface area contributed by atoms with Crippen molar-refractivity contribution in [3.8, 4) is 0 Å². The average molecular weight is 126 g/mol. The van der Waals surface area contributed by atoms with E-state index in [4.69, 9.17) is 0 Å². The minimum absolute atomic E-state index is 0.821. The third-order valence-electron chi connectivity index (χ3n) is 1.88. The van der Waals surface area contributed by atoms with Crippen LogP contribution in [-0.4, -0.2) is 0 Å². The SMILES string of the molecule is CC=CCC(C)C(C)C. The van der Waals surface area contributed by atoms with Gasteiger partial charge in [-0.2, -0.15) is 0 Å². The normalized spacial score (nSPS) is 15.2. The Bertz CT molecular complexity index is 80.0. The molecule has 0 heteroatoms. The van der Waals surface area contributed by atoms with Crippen LogP contribution in [0.25, 0.3) is 0 Å². The lowest BCUT2D eigenvalue weighted by atomic mass is 9.95. The highest BCUT2D eigenvalue weighted by atomic mass is 14.1. The number of hydrogen-bond acceptors (Lipinski definition) is 0. The standard InChI is InChI=1S/C9H18/c1-5-6-7-9(4)8(2)3/h5-6,8-9H,7H2,1-4H3. The highest BCUT2D eigenvalue weighted by Gasteiger charge is 2.02. The molecule has 0 rings (SSSR count). The zero-order chi connectivity index (χ0) is 7.28. The zero-order valence-corrected chi connectivity index (χ0v) is 7.02. The van der Waals surface area contributed by atoms with E-state index in [1.807, 2.05) is 0 Å². The first-order chi connectivity index (χ1) is 4.18. The van der Waals surface area contributed by atoms with Crippen LogP contribution < -0.4 is 0 Å². The largest absolute Gasteiger partial charge is 0.0917 e. The number of hydrogen-bond donors (Lipinski definition) is 0. The molecule has 0 saturated carbocycles. The van der Waals surface area contributed by atoms with E-state index in [1.165, 1.54) is 6.42 Å². The molecule has 0 saturated heterocycles. The Hall–Kier alpha value is -0.260. The fraction of sp³-hybridized carbons (Fsp3) is 0.778. The van der Waals surface area contributed by atoms with Crippen molar-refractivity contribution in [1.29, 1.82) is 0 Å². The van der Waals surface area contributed by atoms with Crippen molar-refractivity contribution in [3.05, 3.63) is 12.2 Å². The molecule has 0 heterocycles. The van der Waals surface area contributed by atoms with Gasteiger partial charge >= 0.3 is 0 Å². The molecule has 0 fully saturated rings. The molecule has 1 atom stereocenters. The summed E-state index contributed by atoms with van der Waals surface area (Å²) in [7, 11) is 0. The first kappa shape index (κ1) is 8.74. The van der Waals surface area contributed by atoms with Gasteiger partial charge in [-0.05, 0) is 25.2 Å². The van der Waals surface area contributed by atoms with Crippen molar-refractivity contribution in [1.82, 2.24) is 0 Å². The molecule has 0 aliphatic rings. The Morgan fingerprint density at radius 3 is 2.11 bits per heavy atom. The molecule has 0 aliphatic heterocycles. The van der Waals surface area contributed by atoms with Gasteiger partial charge in [0.1, 0.15) is 0 Å². The smallest absolute Gasteiger partial charge is 0.0323 e. The molecule has 0 N–H and O–H groups in total. The minimum atomic E-state index is 0.821. The predicted molar refractivity (Wildman–Crippen MR) is 43.4 cm³/mol. The first-order valence-electron chi connectivity index (χ1n) is 3.79. The second kappa shape index (κ2) is 4.60. The molecular formula is C9H18. The topological polar surface area (TPSA) is 0 Å². The van der Waals surface area contributed by atoms with Crippen LogP contribution in [0.4, 0.5) is 0 Å². The maximum absolute atomic E-state index is 2.30. The molecule has 0 aliphatic carbocycles. The lowest BCUT2D eigenvalue weighted by molar-refractivity contribution is 0.424. The molecule has 0 amide bonds. The summed E-state index contributed by atoms with van der Waals surface area (Å²) in [5, 5.41) is 0. The van der Waals surface area contributed by atoms with Crippen molar-refractivity contribution in [3.63, 3.8) is 0 Å². The van der Waals surface area contributed by atoms with E-state index >= 15 is 0 Å². The average Bonchev–Trinajstić information content (AvgIpc) is 1.82. The Morgan fingerprint density at radius 2 is 1.78 bits per heavy atom. The Morgan fingerprint density at radius 1 is 1.22 bits per heavy atom. The van der Waals surface area contributed by atoms with Crippen molar-refractivity contribution in [2.45, 2.75) is 34.1 Å². The summed E-state index contributed by atoms with van der Waals surface area (Å²) in [5.41, 5.74) is 0. The molecule has 0 spiro atoms. The Labute approximate surface area is 59.0 Å². The van der Waals surface area contributed by atoms with Crippen LogP contribution in [0.2, 0.25) is 0 Å². The summed E-state index contributed by atoms with van der Waals surface area (Å²) < 4.78 is 0. The van der Waals surface area contributed by atoms with Gasteiger partial charge in [-0.1, -0.05) is 32.9 Å². The third kappa shape index (κ3) is 4.26. The highest BCUT2D eigenvalue weighted by molar-refractivity contribution is 4.79. The monoisotopic (exact) mass is 126 g/mol. The summed E-state index contributed by atoms with van der Waals surface area (Å²) in [5.74, 6) is 1.65. The number of rotatable bonds is 3. The van der Waals surface area contributed by atoms with Gasteiger partial charge in [-0.15, -0.1) is 0 Å². The van der Waals surface area contributed by atoms with Gasteiger partial charge in [-0.3, -0.25) is 0 Å². The summed E-state index contributed by atoms with van der Waals surface area (Å²) in [6.45, 7) is 8.92. The van der Waals surface area contributed by atoms with Gasteiger partial charge in [0, 0.05) is 0 Å².